The number of carbonyl (C=O) groups excluding carboxylic acids is 1. The van der Waals surface area contributed by atoms with Crippen LogP contribution in [0.25, 0.3) is 11.1 Å². The molecular weight excluding hydrogens is 384 g/mol. The number of fused-ring (bicyclic) bond motifs is 4. The Morgan fingerprint density at radius 2 is 1.77 bits per heavy atom. The molecule has 1 N–H and O–H groups in total. The monoisotopic (exact) mass is 402 g/mol. The van der Waals surface area contributed by atoms with E-state index in [2.05, 4.69) is 29.2 Å². The lowest BCUT2D eigenvalue weighted by atomic mass is 9.98. The summed E-state index contributed by atoms with van der Waals surface area (Å²) in [5.41, 5.74) is 4.85. The van der Waals surface area contributed by atoms with Gasteiger partial charge in [-0.1, -0.05) is 48.5 Å². The number of aromatic nitrogens is 1. The topological polar surface area (TPSA) is 89.0 Å². The van der Waals surface area contributed by atoms with Crippen LogP contribution in [0.3, 0.4) is 0 Å². The van der Waals surface area contributed by atoms with E-state index < -0.39 is 12.1 Å². The molecule has 2 aromatic carbocycles. The molecule has 150 valence electrons. The third-order valence-corrected chi connectivity index (χ3v) is 5.48. The zero-order chi connectivity index (χ0) is 20.7. The van der Waals surface area contributed by atoms with Crippen molar-refractivity contribution >= 4 is 17.7 Å². The van der Waals surface area contributed by atoms with E-state index in [9.17, 15) is 14.7 Å². The lowest BCUT2D eigenvalue weighted by molar-refractivity contribution is 0.0696. The van der Waals surface area contributed by atoms with Crippen LogP contribution in [0, 0.1) is 0 Å². The third kappa shape index (κ3) is 2.95. The van der Waals surface area contributed by atoms with Crippen molar-refractivity contribution in [2.24, 2.45) is 0 Å². The lowest BCUT2D eigenvalue weighted by Gasteiger charge is -2.28. The van der Waals surface area contributed by atoms with Crippen LogP contribution in [-0.4, -0.2) is 41.9 Å². The van der Waals surface area contributed by atoms with E-state index in [1.54, 1.807) is 0 Å². The fourth-order valence-corrected chi connectivity index (χ4v) is 4.08. The molecule has 2 aliphatic rings. The second kappa shape index (κ2) is 7.18. The molecule has 2 heterocycles. The highest BCUT2D eigenvalue weighted by atomic mass is 16.6. The van der Waals surface area contributed by atoms with Crippen molar-refractivity contribution in [1.82, 2.24) is 4.98 Å². The van der Waals surface area contributed by atoms with Gasteiger partial charge in [-0.15, -0.1) is 0 Å². The lowest BCUT2D eigenvalue weighted by Crippen LogP contribution is -2.39. The highest BCUT2D eigenvalue weighted by molar-refractivity contribution is 5.94. The number of nitrogens with zero attached hydrogens (tertiary/aromatic N) is 2. The Hall–Kier alpha value is -3.87. The Kier molecular flexibility index (Phi) is 4.35. The van der Waals surface area contributed by atoms with Gasteiger partial charge in [-0.3, -0.25) is 4.90 Å². The van der Waals surface area contributed by atoms with E-state index in [1.807, 2.05) is 24.3 Å². The van der Waals surface area contributed by atoms with Gasteiger partial charge in [0, 0.05) is 12.1 Å². The maximum absolute atomic E-state index is 12.9. The number of ether oxygens (including phenoxy) is 2. The summed E-state index contributed by atoms with van der Waals surface area (Å²) in [6.45, 7) is 0.705. The minimum Gasteiger partial charge on any atom is -0.478 e. The van der Waals surface area contributed by atoms with Gasteiger partial charge in [0.25, 0.3) is 0 Å². The Morgan fingerprint density at radius 1 is 1.10 bits per heavy atom. The summed E-state index contributed by atoms with van der Waals surface area (Å²) < 4.78 is 11.1. The maximum atomic E-state index is 12.9. The van der Waals surface area contributed by atoms with Crippen LogP contribution in [-0.2, 0) is 4.74 Å². The minimum atomic E-state index is -1.12. The molecule has 1 aromatic heterocycles. The molecule has 0 unspecified atom stereocenters. The van der Waals surface area contributed by atoms with Gasteiger partial charge >= 0.3 is 12.1 Å². The van der Waals surface area contributed by atoms with E-state index in [4.69, 9.17) is 9.47 Å². The van der Waals surface area contributed by atoms with Crippen LogP contribution in [0.1, 0.15) is 27.4 Å². The molecule has 0 saturated carbocycles. The largest absolute Gasteiger partial charge is 0.478 e. The van der Waals surface area contributed by atoms with Crippen LogP contribution < -0.4 is 9.64 Å². The number of aromatic carboxylic acids is 1. The van der Waals surface area contributed by atoms with Gasteiger partial charge in [-0.2, -0.15) is 0 Å². The van der Waals surface area contributed by atoms with Crippen LogP contribution in [0.2, 0.25) is 0 Å². The first-order valence-corrected chi connectivity index (χ1v) is 9.62. The van der Waals surface area contributed by atoms with E-state index in [0.29, 0.717) is 5.69 Å². The van der Waals surface area contributed by atoms with Crippen molar-refractivity contribution in [1.29, 1.82) is 0 Å². The summed E-state index contributed by atoms with van der Waals surface area (Å²) in [5.74, 6) is -0.951. The molecule has 7 nitrogen and oxygen atoms in total. The number of carboxylic acids is 1. The molecule has 0 atom stereocenters. The first kappa shape index (κ1) is 18.2. The van der Waals surface area contributed by atoms with Crippen LogP contribution in [0.5, 0.6) is 5.88 Å². The quantitative estimate of drug-likeness (QED) is 0.714. The van der Waals surface area contributed by atoms with Gasteiger partial charge in [-0.25, -0.2) is 14.6 Å². The number of pyridine rings is 1. The molecule has 30 heavy (non-hydrogen) atoms. The molecule has 0 bridgehead atoms. The fraction of sp³-hybridized carbons (Fsp3) is 0.174. The predicted octanol–water partition coefficient (Wildman–Crippen LogP) is 3.93. The van der Waals surface area contributed by atoms with Gasteiger partial charge in [-0.05, 0) is 28.3 Å². The maximum Gasteiger partial charge on any atom is 0.414 e. The zero-order valence-corrected chi connectivity index (χ0v) is 15.9. The molecule has 0 spiro atoms. The number of rotatable bonds is 3. The number of carboxylic acid groups (broad SMARTS) is 1. The van der Waals surface area contributed by atoms with Crippen LogP contribution in [0.4, 0.5) is 10.5 Å². The van der Waals surface area contributed by atoms with Gasteiger partial charge in [0.1, 0.15) is 18.9 Å². The third-order valence-electron chi connectivity index (χ3n) is 5.48. The minimum absolute atomic E-state index is 0.0179. The smallest absolute Gasteiger partial charge is 0.414 e. The Morgan fingerprint density at radius 3 is 2.43 bits per heavy atom. The Labute approximate surface area is 172 Å². The van der Waals surface area contributed by atoms with Crippen molar-refractivity contribution < 1.29 is 24.2 Å². The Bertz CT molecular complexity index is 1110. The summed E-state index contributed by atoms with van der Waals surface area (Å²) in [5, 5.41) is 9.23. The molecule has 3 aromatic rings. The average molecular weight is 402 g/mol. The van der Waals surface area contributed by atoms with Crippen molar-refractivity contribution in [3.05, 3.63) is 77.5 Å². The second-order valence-corrected chi connectivity index (χ2v) is 7.16. The second-order valence-electron chi connectivity index (χ2n) is 7.16. The average Bonchev–Trinajstić information content (AvgIpc) is 3.10. The molecule has 1 amide bonds. The SMILES string of the molecule is O=C(O)c1cnc2c(c1)N(C(=O)OCC1c3ccccc3-c3ccccc31)CCO2. The van der Waals surface area contributed by atoms with E-state index in [0.717, 1.165) is 22.3 Å². The highest BCUT2D eigenvalue weighted by Gasteiger charge is 2.31. The number of amides is 1. The standard InChI is InChI=1S/C23H18N2O5/c26-22(27)14-11-20-21(24-12-14)29-10-9-25(20)23(28)30-13-19-17-7-3-1-5-15(17)16-6-2-4-8-18(16)19/h1-8,11-12,19H,9-10,13H2,(H,26,27). The van der Waals surface area contributed by atoms with Crippen LogP contribution in [0.15, 0.2) is 60.8 Å². The van der Waals surface area contributed by atoms with Gasteiger partial charge in [0.05, 0.1) is 12.1 Å². The highest BCUT2D eigenvalue weighted by Crippen LogP contribution is 2.44. The Balaban J connectivity index is 1.39. The summed E-state index contributed by atoms with van der Waals surface area (Å²) >= 11 is 0. The summed E-state index contributed by atoms with van der Waals surface area (Å²) in [4.78, 5) is 29.6. The van der Waals surface area contributed by atoms with E-state index in [-0.39, 0.29) is 37.1 Å². The van der Waals surface area contributed by atoms with Crippen molar-refractivity contribution in [3.8, 4) is 17.0 Å². The first-order valence-electron chi connectivity index (χ1n) is 9.62. The summed E-state index contributed by atoms with van der Waals surface area (Å²) in [7, 11) is 0. The van der Waals surface area contributed by atoms with E-state index >= 15 is 0 Å². The summed E-state index contributed by atoms with van der Waals surface area (Å²) in [6.07, 6.45) is 0.660. The number of hydrogen-bond acceptors (Lipinski definition) is 5. The molecular formula is C23H18N2O5. The summed E-state index contributed by atoms with van der Waals surface area (Å²) in [6, 6.07) is 17.6. The first-order chi connectivity index (χ1) is 14.6. The van der Waals surface area contributed by atoms with Crippen molar-refractivity contribution in [2.45, 2.75) is 5.92 Å². The number of benzene rings is 2. The molecule has 0 radical (unpaired) electrons. The zero-order valence-electron chi connectivity index (χ0n) is 15.9. The number of hydrogen-bond donors (Lipinski definition) is 1. The molecule has 1 aliphatic carbocycles. The fourth-order valence-electron chi connectivity index (χ4n) is 4.08. The number of carbonyl (C=O) groups is 2. The van der Waals surface area contributed by atoms with Crippen molar-refractivity contribution in [2.75, 3.05) is 24.7 Å². The van der Waals surface area contributed by atoms with Gasteiger partial charge < -0.3 is 14.6 Å². The van der Waals surface area contributed by atoms with Gasteiger partial charge in [0.2, 0.25) is 5.88 Å². The molecule has 1 aliphatic heterocycles. The number of anilines is 1. The van der Waals surface area contributed by atoms with Gasteiger partial charge in [0.15, 0.2) is 0 Å². The van der Waals surface area contributed by atoms with E-state index in [1.165, 1.54) is 17.2 Å². The van der Waals surface area contributed by atoms with Crippen molar-refractivity contribution in [3.63, 3.8) is 0 Å². The molecule has 7 heteroatoms. The predicted molar refractivity (Wildman–Crippen MR) is 109 cm³/mol. The molecule has 0 saturated heterocycles. The normalized spacial score (nSPS) is 14.3. The van der Waals surface area contributed by atoms with Crippen LogP contribution >= 0.6 is 0 Å². The molecule has 0 fully saturated rings. The molecule has 5 rings (SSSR count).